The minimum Gasteiger partial charge on any atom is -0.507 e. The zero-order chi connectivity index (χ0) is 28.0. The molecule has 0 aliphatic heterocycles. The number of rotatable bonds is 10. The molecule has 202 valence electrons. The fourth-order valence-corrected chi connectivity index (χ4v) is 4.99. The van der Waals surface area contributed by atoms with Crippen molar-refractivity contribution in [3.63, 3.8) is 0 Å². The Morgan fingerprint density at radius 1 is 0.692 bits per heavy atom. The van der Waals surface area contributed by atoms with E-state index in [1.165, 1.54) is 12.1 Å². The molecular formula is C29H24F3NO6. The molecule has 7 nitrogen and oxygen atoms in total. The number of phenols is 2. The molecule has 39 heavy (non-hydrogen) atoms. The number of unbranched alkanes of at least 4 members (excludes halogenated alkanes) is 5. The first-order valence-corrected chi connectivity index (χ1v) is 12.6. The van der Waals surface area contributed by atoms with Crippen LogP contribution in [-0.2, 0) is 0 Å². The fraction of sp³-hybridized carbons (Fsp3) is 0.276. The number of carbonyl (C=O) groups is 3. The number of halogens is 3. The normalized spacial score (nSPS) is 13.2. The molecule has 0 saturated heterocycles. The summed E-state index contributed by atoms with van der Waals surface area (Å²) in [4.78, 5) is 38.5. The lowest BCUT2D eigenvalue weighted by atomic mass is 9.82. The van der Waals surface area contributed by atoms with Gasteiger partial charge in [-0.2, -0.15) is 0 Å². The molecule has 10 heteroatoms. The van der Waals surface area contributed by atoms with E-state index in [1.54, 1.807) is 0 Å². The third-order valence-corrected chi connectivity index (χ3v) is 7.02. The molecule has 0 amide bonds. The van der Waals surface area contributed by atoms with E-state index in [9.17, 15) is 24.6 Å². The van der Waals surface area contributed by atoms with Crippen LogP contribution in [0.4, 0.5) is 24.5 Å². The predicted molar refractivity (Wildman–Crippen MR) is 135 cm³/mol. The van der Waals surface area contributed by atoms with Crippen LogP contribution in [0.2, 0.25) is 0 Å². The number of carbonyl (C=O) groups excluding carboxylic acids is 3. The molecule has 3 aromatic rings. The van der Waals surface area contributed by atoms with E-state index < -0.39 is 74.2 Å². The average molecular weight is 540 g/mol. The summed E-state index contributed by atoms with van der Waals surface area (Å²) in [6.45, 7) is 2.46. The third-order valence-electron chi connectivity index (χ3n) is 7.02. The molecule has 3 N–H and O–H groups in total. The molecule has 0 fully saturated rings. The zero-order valence-electron chi connectivity index (χ0n) is 20.9. The van der Waals surface area contributed by atoms with Crippen LogP contribution in [0.1, 0.15) is 93.2 Å². The van der Waals surface area contributed by atoms with Gasteiger partial charge in [0.1, 0.15) is 22.9 Å². The van der Waals surface area contributed by atoms with Crippen molar-refractivity contribution in [1.82, 2.24) is 0 Å². The largest absolute Gasteiger partial charge is 0.507 e. The van der Waals surface area contributed by atoms with Crippen LogP contribution in [0.15, 0.2) is 24.3 Å². The van der Waals surface area contributed by atoms with Gasteiger partial charge in [0.15, 0.2) is 17.5 Å². The SMILES string of the molecule is CCCCCCCCOc1c2ccc(Nc3c(F)c(F)c4c(c3F)C(=O)c3c(O)ccc(O)c3C4=O)c1C2=O. The molecule has 0 heterocycles. The van der Waals surface area contributed by atoms with Crippen LogP contribution >= 0.6 is 0 Å². The lowest BCUT2D eigenvalue weighted by Crippen LogP contribution is -2.26. The number of ether oxygens (including phenoxy) is 1. The summed E-state index contributed by atoms with van der Waals surface area (Å²) < 4.78 is 51.7. The van der Waals surface area contributed by atoms with E-state index >= 15 is 13.2 Å². The van der Waals surface area contributed by atoms with Crippen molar-refractivity contribution in [2.75, 3.05) is 11.9 Å². The lowest BCUT2D eigenvalue weighted by molar-refractivity contribution is 0.0966. The van der Waals surface area contributed by atoms with Gasteiger partial charge in [-0.25, -0.2) is 13.2 Å². The van der Waals surface area contributed by atoms with Gasteiger partial charge >= 0.3 is 0 Å². The van der Waals surface area contributed by atoms with Gasteiger partial charge in [0, 0.05) is 0 Å². The maximum Gasteiger partial charge on any atom is 0.202 e. The van der Waals surface area contributed by atoms with Gasteiger partial charge in [0.2, 0.25) is 17.3 Å². The Balaban J connectivity index is 1.47. The highest BCUT2D eigenvalue weighted by atomic mass is 19.2. The zero-order valence-corrected chi connectivity index (χ0v) is 20.9. The minimum atomic E-state index is -1.82. The van der Waals surface area contributed by atoms with Crippen molar-refractivity contribution in [3.05, 3.63) is 75.1 Å². The van der Waals surface area contributed by atoms with Crippen molar-refractivity contribution in [2.45, 2.75) is 45.4 Å². The van der Waals surface area contributed by atoms with E-state index in [0.29, 0.717) is 12.2 Å². The Bertz CT molecular complexity index is 1570. The summed E-state index contributed by atoms with van der Waals surface area (Å²) >= 11 is 0. The first kappa shape index (κ1) is 26.3. The quantitative estimate of drug-likeness (QED) is 0.108. The van der Waals surface area contributed by atoms with E-state index in [2.05, 4.69) is 12.2 Å². The molecule has 0 saturated carbocycles. The van der Waals surface area contributed by atoms with E-state index in [-0.39, 0.29) is 17.0 Å². The molecule has 0 unspecified atom stereocenters. The number of hydrogen-bond acceptors (Lipinski definition) is 7. The molecule has 0 spiro atoms. The predicted octanol–water partition coefficient (Wildman–Crippen LogP) is 6.32. The van der Waals surface area contributed by atoms with E-state index in [4.69, 9.17) is 4.74 Å². The van der Waals surface area contributed by atoms with Gasteiger partial charge in [-0.1, -0.05) is 39.0 Å². The first-order chi connectivity index (χ1) is 18.7. The van der Waals surface area contributed by atoms with Gasteiger partial charge in [-0.3, -0.25) is 14.4 Å². The molecule has 0 aromatic heterocycles. The van der Waals surface area contributed by atoms with Crippen molar-refractivity contribution in [2.24, 2.45) is 0 Å². The Labute approximate surface area is 221 Å². The summed E-state index contributed by atoms with van der Waals surface area (Å²) in [7, 11) is 0. The van der Waals surface area contributed by atoms with Gasteiger partial charge in [0.25, 0.3) is 0 Å². The number of phenolic OH excluding ortho intramolecular Hbond substituents is 2. The summed E-state index contributed by atoms with van der Waals surface area (Å²) in [6, 6.07) is 4.59. The third kappa shape index (κ3) is 4.10. The van der Waals surface area contributed by atoms with Crippen molar-refractivity contribution < 1.29 is 42.5 Å². The number of aromatic hydroxyl groups is 2. The van der Waals surface area contributed by atoms with Crippen molar-refractivity contribution >= 4 is 28.7 Å². The highest BCUT2D eigenvalue weighted by Crippen LogP contribution is 2.46. The summed E-state index contributed by atoms with van der Waals surface area (Å²) in [5.74, 6) is -9.53. The summed E-state index contributed by atoms with van der Waals surface area (Å²) in [6.07, 6.45) is 6.18. The van der Waals surface area contributed by atoms with Gasteiger partial charge in [-0.05, 0) is 30.7 Å². The van der Waals surface area contributed by atoms with Crippen LogP contribution < -0.4 is 10.1 Å². The highest BCUT2D eigenvalue weighted by Gasteiger charge is 2.42. The first-order valence-electron chi connectivity index (χ1n) is 12.6. The molecule has 3 aliphatic carbocycles. The van der Waals surface area contributed by atoms with Gasteiger partial charge < -0.3 is 20.3 Å². The molecule has 3 aromatic carbocycles. The fourth-order valence-electron chi connectivity index (χ4n) is 4.99. The number of hydrogen-bond donors (Lipinski definition) is 3. The van der Waals surface area contributed by atoms with Gasteiger partial charge in [0.05, 0.1) is 45.7 Å². The topological polar surface area (TPSA) is 113 Å². The number of nitrogens with one attached hydrogen (secondary N) is 1. The molecular weight excluding hydrogens is 515 g/mol. The second kappa shape index (κ2) is 10.1. The van der Waals surface area contributed by atoms with E-state index in [0.717, 1.165) is 50.7 Å². The van der Waals surface area contributed by atoms with Crippen LogP contribution in [0, 0.1) is 17.5 Å². The summed E-state index contributed by atoms with van der Waals surface area (Å²) in [5.41, 5.74) is -4.60. The number of ketones is 3. The highest BCUT2D eigenvalue weighted by molar-refractivity contribution is 6.31. The molecule has 3 aliphatic rings. The van der Waals surface area contributed by atoms with Crippen LogP contribution in [0.3, 0.4) is 0 Å². The second-order valence-corrected chi connectivity index (χ2v) is 9.51. The Hall–Kier alpha value is -4.34. The summed E-state index contributed by atoms with van der Waals surface area (Å²) in [5, 5.41) is 22.5. The smallest absolute Gasteiger partial charge is 0.202 e. The van der Waals surface area contributed by atoms with Gasteiger partial charge in [-0.15, -0.1) is 0 Å². The maximum absolute atomic E-state index is 15.6. The van der Waals surface area contributed by atoms with Crippen molar-refractivity contribution in [3.8, 4) is 17.2 Å². The molecule has 6 rings (SSSR count). The lowest BCUT2D eigenvalue weighted by Gasteiger charge is -2.26. The average Bonchev–Trinajstić information content (AvgIpc) is 2.92. The second-order valence-electron chi connectivity index (χ2n) is 9.51. The Morgan fingerprint density at radius 3 is 1.90 bits per heavy atom. The Kier molecular flexibility index (Phi) is 6.80. The monoisotopic (exact) mass is 539 g/mol. The standard InChI is InChI=1S/C29H24F3NO6/c1-2-3-4-5-6-7-12-39-29-13-8-9-14(17(29)26(13)36)33-25-23(31)21-20(22(30)24(25)32)27(37)18-15(34)10-11-16(35)19(18)28(21)38/h8-11,33-35H,2-7,12H2,1H3. The number of benzene rings is 3. The molecule has 0 radical (unpaired) electrons. The van der Waals surface area contributed by atoms with Crippen molar-refractivity contribution in [1.29, 1.82) is 0 Å². The number of anilines is 2. The molecule has 0 atom stereocenters. The van der Waals surface area contributed by atoms with Crippen LogP contribution in [0.5, 0.6) is 17.2 Å². The minimum absolute atomic E-state index is 0.0331. The van der Waals surface area contributed by atoms with Crippen LogP contribution in [0.25, 0.3) is 0 Å². The molecule has 2 bridgehead atoms. The van der Waals surface area contributed by atoms with E-state index in [1.807, 2.05) is 0 Å². The van der Waals surface area contributed by atoms with Crippen LogP contribution in [-0.4, -0.2) is 34.2 Å². The maximum atomic E-state index is 15.6. The number of fused-ring (bicyclic) bond motifs is 4. The Morgan fingerprint density at radius 2 is 1.28 bits per heavy atom.